The smallest absolute Gasteiger partial charge is 0.416 e. The Balaban J connectivity index is 2.69. The molecule has 1 N–H and O–H groups in total. The number of hydrogen-bond acceptors (Lipinski definition) is 3. The lowest BCUT2D eigenvalue weighted by atomic mass is 9.96. The third-order valence-corrected chi connectivity index (χ3v) is 3.38. The number of nitrogens with one attached hydrogen (secondary N) is 1. The average Bonchev–Trinajstić information content (AvgIpc) is 2.45. The Bertz CT molecular complexity index is 390. The Labute approximate surface area is 126 Å². The summed E-state index contributed by atoms with van der Waals surface area (Å²) in [6.45, 7) is 2.01. The summed E-state index contributed by atoms with van der Waals surface area (Å²) in [4.78, 5) is 30.6. The Morgan fingerprint density at radius 2 is 1.81 bits per heavy atom. The minimum Gasteiger partial charge on any atom is -0.449 e. The van der Waals surface area contributed by atoms with Gasteiger partial charge in [0.1, 0.15) is 0 Å². The lowest BCUT2D eigenvalue weighted by molar-refractivity contribution is 0.131. The highest BCUT2D eigenvalue weighted by Crippen LogP contribution is 2.17. The number of ether oxygens (including phenoxy) is 1. The summed E-state index contributed by atoms with van der Waals surface area (Å²) >= 11 is 0. The number of urea groups is 1. The fourth-order valence-electron chi connectivity index (χ4n) is 2.32. The van der Waals surface area contributed by atoms with Crippen molar-refractivity contribution in [3.05, 3.63) is 0 Å². The molecule has 21 heavy (non-hydrogen) atoms. The minimum atomic E-state index is -0.532. The average molecular weight is 298 g/mol. The van der Waals surface area contributed by atoms with E-state index in [9.17, 15) is 9.59 Å². The molecule has 0 saturated heterocycles. The molecule has 0 atom stereocenters. The lowest BCUT2D eigenvalue weighted by Crippen LogP contribution is -2.44. The van der Waals surface area contributed by atoms with Crippen molar-refractivity contribution < 1.29 is 14.3 Å². The maximum atomic E-state index is 12.0. The van der Waals surface area contributed by atoms with Gasteiger partial charge in [-0.15, -0.1) is 0 Å². The van der Waals surface area contributed by atoms with Crippen molar-refractivity contribution >= 4 is 18.1 Å². The molecule has 1 aliphatic carbocycles. The predicted molar refractivity (Wildman–Crippen MR) is 81.3 cm³/mol. The first-order valence-corrected chi connectivity index (χ1v) is 7.42. The van der Waals surface area contributed by atoms with Crippen LogP contribution >= 0.6 is 0 Å². The highest BCUT2D eigenvalue weighted by molar-refractivity contribution is 5.99. The van der Waals surface area contributed by atoms with Crippen molar-refractivity contribution in [2.45, 2.75) is 45.1 Å². The van der Waals surface area contributed by atoms with E-state index in [0.717, 1.165) is 25.7 Å². The molecule has 1 aliphatic rings. The molecular weight excluding hydrogens is 272 g/mol. The third kappa shape index (κ3) is 5.61. The van der Waals surface area contributed by atoms with Crippen molar-refractivity contribution in [2.24, 2.45) is 4.99 Å². The van der Waals surface area contributed by atoms with Crippen molar-refractivity contribution in [1.82, 2.24) is 15.1 Å². The number of amides is 3. The highest BCUT2D eigenvalue weighted by Gasteiger charge is 2.21. The molecule has 0 unspecified atom stereocenters. The first-order valence-electron chi connectivity index (χ1n) is 7.42. The van der Waals surface area contributed by atoms with E-state index < -0.39 is 12.1 Å². The molecule has 0 bridgehead atoms. The Morgan fingerprint density at radius 1 is 1.19 bits per heavy atom. The molecule has 7 nitrogen and oxygen atoms in total. The molecule has 0 heterocycles. The number of hydrogen-bond donors (Lipinski definition) is 1. The molecule has 1 rings (SSSR count). The predicted octanol–water partition coefficient (Wildman–Crippen LogP) is 2.03. The van der Waals surface area contributed by atoms with Crippen molar-refractivity contribution in [3.63, 3.8) is 0 Å². The molecule has 0 aliphatic heterocycles. The molecule has 0 spiro atoms. The summed E-state index contributed by atoms with van der Waals surface area (Å²) < 4.78 is 4.91. The van der Waals surface area contributed by atoms with Crippen molar-refractivity contribution in [3.8, 4) is 0 Å². The van der Waals surface area contributed by atoms with Gasteiger partial charge in [0.05, 0.1) is 6.61 Å². The molecule has 1 fully saturated rings. The first-order chi connectivity index (χ1) is 9.95. The summed E-state index contributed by atoms with van der Waals surface area (Å²) in [5, 5.41) is 2.90. The summed E-state index contributed by atoms with van der Waals surface area (Å²) in [5.41, 5.74) is 0. The maximum Gasteiger partial charge on any atom is 0.416 e. The minimum absolute atomic E-state index is 0.186. The van der Waals surface area contributed by atoms with Crippen LogP contribution in [0.15, 0.2) is 4.99 Å². The van der Waals surface area contributed by atoms with E-state index in [-0.39, 0.29) is 18.6 Å². The molecule has 3 amide bonds. The van der Waals surface area contributed by atoms with Gasteiger partial charge in [-0.1, -0.05) is 19.3 Å². The SMILES string of the molecule is CCOC(=O)N(C)C(=NC(=O)NC1CCCCC1)N(C)C. The Morgan fingerprint density at radius 3 is 2.33 bits per heavy atom. The van der Waals surface area contributed by atoms with Gasteiger partial charge in [0.15, 0.2) is 0 Å². The fourth-order valence-corrected chi connectivity index (χ4v) is 2.32. The van der Waals surface area contributed by atoms with Gasteiger partial charge in [0.2, 0.25) is 5.96 Å². The monoisotopic (exact) mass is 298 g/mol. The van der Waals surface area contributed by atoms with Crippen LogP contribution in [-0.4, -0.2) is 61.7 Å². The molecule has 0 aromatic heterocycles. The third-order valence-electron chi connectivity index (χ3n) is 3.38. The van der Waals surface area contributed by atoms with E-state index in [1.807, 2.05) is 0 Å². The lowest BCUT2D eigenvalue weighted by Gasteiger charge is -2.25. The van der Waals surface area contributed by atoms with Crippen LogP contribution in [0.1, 0.15) is 39.0 Å². The van der Waals surface area contributed by atoms with Gasteiger partial charge in [0.25, 0.3) is 0 Å². The van der Waals surface area contributed by atoms with Gasteiger partial charge in [-0.25, -0.2) is 9.59 Å². The van der Waals surface area contributed by atoms with Crippen LogP contribution in [0.2, 0.25) is 0 Å². The first kappa shape index (κ1) is 17.3. The largest absolute Gasteiger partial charge is 0.449 e. The number of guanidine groups is 1. The molecule has 0 aromatic carbocycles. The number of aliphatic imine (C=N–C) groups is 1. The van der Waals surface area contributed by atoms with Crippen LogP contribution in [0.25, 0.3) is 0 Å². The topological polar surface area (TPSA) is 74.2 Å². The highest BCUT2D eigenvalue weighted by atomic mass is 16.6. The number of rotatable bonds is 2. The molecule has 120 valence electrons. The van der Waals surface area contributed by atoms with Crippen LogP contribution in [0.5, 0.6) is 0 Å². The second-order valence-corrected chi connectivity index (χ2v) is 5.35. The molecule has 0 radical (unpaired) electrons. The van der Waals surface area contributed by atoms with Crippen molar-refractivity contribution in [1.29, 1.82) is 0 Å². The van der Waals surface area contributed by atoms with Crippen LogP contribution < -0.4 is 5.32 Å². The zero-order valence-corrected chi connectivity index (χ0v) is 13.4. The number of carbonyl (C=O) groups is 2. The fraction of sp³-hybridized carbons (Fsp3) is 0.786. The van der Waals surface area contributed by atoms with Crippen LogP contribution in [0.4, 0.5) is 9.59 Å². The Hall–Kier alpha value is -1.79. The number of carbonyl (C=O) groups excluding carboxylic acids is 2. The number of nitrogens with zero attached hydrogens (tertiary/aromatic N) is 3. The van der Waals surface area contributed by atoms with Crippen LogP contribution in [0.3, 0.4) is 0 Å². The molecule has 7 heteroatoms. The van der Waals surface area contributed by atoms with Gasteiger partial charge in [0, 0.05) is 27.2 Å². The second-order valence-electron chi connectivity index (χ2n) is 5.35. The normalized spacial score (nSPS) is 16.3. The van der Waals surface area contributed by atoms with Gasteiger partial charge in [-0.05, 0) is 19.8 Å². The summed E-state index contributed by atoms with van der Waals surface area (Å²) in [5.74, 6) is 0.252. The second kappa shape index (κ2) is 8.49. The molecule has 1 saturated carbocycles. The molecule has 0 aromatic rings. The maximum absolute atomic E-state index is 12.0. The summed E-state index contributed by atoms with van der Waals surface area (Å²) in [6, 6.07) is -0.229. The van der Waals surface area contributed by atoms with E-state index in [0.29, 0.717) is 0 Å². The summed E-state index contributed by atoms with van der Waals surface area (Å²) in [6.07, 6.45) is 4.95. The summed E-state index contributed by atoms with van der Waals surface area (Å²) in [7, 11) is 4.98. The van der Waals surface area contributed by atoms with Crippen LogP contribution in [0, 0.1) is 0 Å². The van der Waals surface area contributed by atoms with Gasteiger partial charge >= 0.3 is 12.1 Å². The van der Waals surface area contributed by atoms with E-state index in [2.05, 4.69) is 10.3 Å². The quantitative estimate of drug-likeness (QED) is 0.625. The van der Waals surface area contributed by atoms with Gasteiger partial charge < -0.3 is 15.0 Å². The van der Waals surface area contributed by atoms with E-state index in [1.54, 1.807) is 25.9 Å². The standard InChI is InChI=1S/C14H26N4O3/c1-5-21-14(20)18(4)13(17(2)3)16-12(19)15-11-9-7-6-8-10-11/h11H,5-10H2,1-4H3,(H,15,19). The van der Waals surface area contributed by atoms with E-state index in [1.165, 1.54) is 18.4 Å². The van der Waals surface area contributed by atoms with Gasteiger partial charge in [-0.3, -0.25) is 4.90 Å². The van der Waals surface area contributed by atoms with Crippen molar-refractivity contribution in [2.75, 3.05) is 27.7 Å². The van der Waals surface area contributed by atoms with Crippen LogP contribution in [-0.2, 0) is 4.74 Å². The van der Waals surface area contributed by atoms with Gasteiger partial charge in [-0.2, -0.15) is 4.99 Å². The Kier molecular flexibility index (Phi) is 6.98. The zero-order chi connectivity index (χ0) is 15.8. The van der Waals surface area contributed by atoms with E-state index in [4.69, 9.17) is 4.74 Å². The van der Waals surface area contributed by atoms with E-state index >= 15 is 0 Å². The zero-order valence-electron chi connectivity index (χ0n) is 13.4. The molecular formula is C14H26N4O3.